The first-order valence-electron chi connectivity index (χ1n) is 11.0. The fourth-order valence-corrected chi connectivity index (χ4v) is 3.94. The van der Waals surface area contributed by atoms with Crippen LogP contribution in [0.2, 0.25) is 0 Å². The van der Waals surface area contributed by atoms with Crippen LogP contribution in [-0.2, 0) is 0 Å². The summed E-state index contributed by atoms with van der Waals surface area (Å²) >= 11 is 0. The number of pyridine rings is 1. The van der Waals surface area contributed by atoms with Gasteiger partial charge in [-0.05, 0) is 62.4 Å². The number of nitrogens with one attached hydrogen (secondary N) is 2. The van der Waals surface area contributed by atoms with E-state index >= 15 is 0 Å². The maximum absolute atomic E-state index is 13.0. The van der Waals surface area contributed by atoms with Crippen molar-refractivity contribution in [1.29, 1.82) is 0 Å². The third-order valence-corrected chi connectivity index (χ3v) is 6.08. The van der Waals surface area contributed by atoms with Gasteiger partial charge in [0.05, 0.1) is 5.69 Å². The monoisotopic (exact) mass is 425 g/mol. The maximum Gasteiger partial charge on any atom is 0.256 e. The Morgan fingerprint density at radius 1 is 1.12 bits per heavy atom. The van der Waals surface area contributed by atoms with Crippen LogP contribution < -0.4 is 5.32 Å². The predicted octanol–water partition coefficient (Wildman–Crippen LogP) is 4.50. The van der Waals surface area contributed by atoms with Gasteiger partial charge in [0.1, 0.15) is 23.7 Å². The molecule has 32 heavy (non-hydrogen) atoms. The Labute approximate surface area is 185 Å². The predicted molar refractivity (Wildman–Crippen MR) is 120 cm³/mol. The number of nitrogens with zero attached hydrogens (tertiary/aromatic N) is 5. The van der Waals surface area contributed by atoms with Crippen LogP contribution in [0.5, 0.6) is 0 Å². The number of aryl methyl sites for hydroxylation is 1. The Hall–Kier alpha value is -3.81. The topological polar surface area (TPSA) is 101 Å². The summed E-state index contributed by atoms with van der Waals surface area (Å²) in [4.78, 5) is 25.6. The summed E-state index contributed by atoms with van der Waals surface area (Å²) in [5.41, 5.74) is 4.36. The Balaban J connectivity index is 1.25. The molecule has 0 unspecified atom stereocenters. The second kappa shape index (κ2) is 7.40. The second-order valence-corrected chi connectivity index (χ2v) is 8.63. The zero-order valence-electron chi connectivity index (χ0n) is 17.7. The number of rotatable bonds is 6. The zero-order chi connectivity index (χ0) is 21.7. The number of benzene rings is 1. The van der Waals surface area contributed by atoms with Crippen LogP contribution in [0.4, 0.5) is 5.82 Å². The standard InChI is InChI=1S/C24H23N7O/c1-14-5-6-16(11-18(14)22-25-12-20(28-22)15-7-8-15)24(32)29-21-4-2-3-19(27-21)23-30-26-13-31(23)17-9-10-17/h2-6,11-13,15,17H,7-10H2,1H3,(H,25,28)(H,27,29,32). The second-order valence-electron chi connectivity index (χ2n) is 8.63. The van der Waals surface area contributed by atoms with Gasteiger partial charge >= 0.3 is 0 Å². The van der Waals surface area contributed by atoms with Crippen molar-refractivity contribution in [1.82, 2.24) is 29.7 Å². The molecule has 1 aromatic carbocycles. The summed E-state index contributed by atoms with van der Waals surface area (Å²) in [6, 6.07) is 11.6. The van der Waals surface area contributed by atoms with Crippen LogP contribution >= 0.6 is 0 Å². The first-order valence-corrected chi connectivity index (χ1v) is 11.0. The molecule has 8 nitrogen and oxygen atoms in total. The number of imidazole rings is 1. The van der Waals surface area contributed by atoms with Gasteiger partial charge in [0, 0.05) is 29.3 Å². The molecule has 4 aromatic rings. The summed E-state index contributed by atoms with van der Waals surface area (Å²) in [6.07, 6.45) is 8.40. The van der Waals surface area contributed by atoms with Crippen molar-refractivity contribution in [2.45, 2.75) is 44.6 Å². The van der Waals surface area contributed by atoms with Crippen LogP contribution in [0, 0.1) is 6.92 Å². The molecule has 2 aliphatic carbocycles. The van der Waals surface area contributed by atoms with E-state index < -0.39 is 0 Å². The molecule has 1 amide bonds. The molecule has 0 saturated heterocycles. The van der Waals surface area contributed by atoms with Gasteiger partial charge in [-0.25, -0.2) is 9.97 Å². The van der Waals surface area contributed by atoms with E-state index in [1.165, 1.54) is 12.8 Å². The van der Waals surface area contributed by atoms with Crippen molar-refractivity contribution in [2.24, 2.45) is 0 Å². The van der Waals surface area contributed by atoms with Crippen LogP contribution in [-0.4, -0.2) is 35.6 Å². The summed E-state index contributed by atoms with van der Waals surface area (Å²) < 4.78 is 2.06. The number of H-pyrrole nitrogens is 1. The van der Waals surface area contributed by atoms with E-state index in [-0.39, 0.29) is 5.91 Å². The summed E-state index contributed by atoms with van der Waals surface area (Å²) in [5, 5.41) is 11.2. The summed E-state index contributed by atoms with van der Waals surface area (Å²) in [5.74, 6) is 2.38. The lowest BCUT2D eigenvalue weighted by atomic mass is 10.0. The number of hydrogen-bond donors (Lipinski definition) is 2. The lowest BCUT2D eigenvalue weighted by Crippen LogP contribution is -2.13. The fourth-order valence-electron chi connectivity index (χ4n) is 3.94. The molecule has 2 aliphatic rings. The van der Waals surface area contributed by atoms with E-state index in [9.17, 15) is 4.79 Å². The lowest BCUT2D eigenvalue weighted by Gasteiger charge is -2.09. The highest BCUT2D eigenvalue weighted by Gasteiger charge is 2.27. The number of hydrogen-bond acceptors (Lipinski definition) is 5. The molecule has 160 valence electrons. The normalized spacial score (nSPS) is 15.7. The van der Waals surface area contributed by atoms with Crippen molar-refractivity contribution >= 4 is 11.7 Å². The third kappa shape index (κ3) is 3.57. The van der Waals surface area contributed by atoms with Crippen molar-refractivity contribution in [3.05, 3.63) is 65.7 Å². The molecule has 2 N–H and O–H groups in total. The van der Waals surface area contributed by atoms with Crippen LogP contribution in [0.1, 0.15) is 59.3 Å². The smallest absolute Gasteiger partial charge is 0.256 e. The van der Waals surface area contributed by atoms with Gasteiger partial charge in [-0.3, -0.25) is 4.79 Å². The van der Waals surface area contributed by atoms with Crippen LogP contribution in [0.3, 0.4) is 0 Å². The molecule has 6 rings (SSSR count). The molecule has 2 fully saturated rings. The van der Waals surface area contributed by atoms with Gasteiger partial charge in [-0.1, -0.05) is 12.1 Å². The van der Waals surface area contributed by atoms with E-state index in [0.717, 1.165) is 41.3 Å². The van der Waals surface area contributed by atoms with E-state index in [1.807, 2.05) is 43.5 Å². The molecule has 0 radical (unpaired) electrons. The first kappa shape index (κ1) is 18.9. The van der Waals surface area contributed by atoms with Crippen molar-refractivity contribution in [3.63, 3.8) is 0 Å². The van der Waals surface area contributed by atoms with Gasteiger partial charge in [0.25, 0.3) is 5.91 Å². The lowest BCUT2D eigenvalue weighted by molar-refractivity contribution is 0.102. The largest absolute Gasteiger partial charge is 0.344 e. The highest BCUT2D eigenvalue weighted by Crippen LogP contribution is 2.40. The minimum atomic E-state index is -0.214. The fraction of sp³-hybridized carbons (Fsp3) is 0.292. The molecular weight excluding hydrogens is 402 g/mol. The third-order valence-electron chi connectivity index (χ3n) is 6.08. The summed E-state index contributed by atoms with van der Waals surface area (Å²) in [7, 11) is 0. The first-order chi connectivity index (χ1) is 15.7. The van der Waals surface area contributed by atoms with Gasteiger partial charge in [-0.15, -0.1) is 10.2 Å². The van der Waals surface area contributed by atoms with Crippen molar-refractivity contribution < 1.29 is 4.79 Å². The Morgan fingerprint density at radius 3 is 2.81 bits per heavy atom. The summed E-state index contributed by atoms with van der Waals surface area (Å²) in [6.45, 7) is 2.03. The Bertz CT molecular complexity index is 1310. The molecular formula is C24H23N7O. The molecule has 0 spiro atoms. The molecule has 0 atom stereocenters. The molecule has 3 aromatic heterocycles. The highest BCUT2D eigenvalue weighted by molar-refractivity contribution is 6.04. The van der Waals surface area contributed by atoms with Crippen molar-refractivity contribution in [2.75, 3.05) is 5.32 Å². The number of amides is 1. The van der Waals surface area contributed by atoms with E-state index in [2.05, 4.69) is 30.0 Å². The van der Waals surface area contributed by atoms with Crippen LogP contribution in [0.15, 0.2) is 48.9 Å². The van der Waals surface area contributed by atoms with Gasteiger partial charge in [0.2, 0.25) is 0 Å². The molecule has 0 aliphatic heterocycles. The Kier molecular flexibility index (Phi) is 4.38. The van der Waals surface area contributed by atoms with Gasteiger partial charge < -0.3 is 14.9 Å². The number of anilines is 1. The highest BCUT2D eigenvalue weighted by atomic mass is 16.1. The van der Waals surface area contributed by atoms with Gasteiger partial charge in [0.15, 0.2) is 5.82 Å². The molecule has 0 bridgehead atoms. The SMILES string of the molecule is Cc1ccc(C(=O)Nc2cccc(-c3nncn3C3CC3)n2)cc1-c1nc(C2CC2)c[nH]1. The van der Waals surface area contributed by atoms with Crippen LogP contribution in [0.25, 0.3) is 22.9 Å². The molecule has 8 heteroatoms. The van der Waals surface area contributed by atoms with Crippen molar-refractivity contribution in [3.8, 4) is 22.9 Å². The quantitative estimate of drug-likeness (QED) is 0.473. The number of aromatic amines is 1. The number of aromatic nitrogens is 6. The minimum Gasteiger partial charge on any atom is -0.344 e. The minimum absolute atomic E-state index is 0.214. The number of carbonyl (C=O) groups excluding carboxylic acids is 1. The average molecular weight is 425 g/mol. The van der Waals surface area contributed by atoms with Gasteiger partial charge in [-0.2, -0.15) is 0 Å². The average Bonchev–Trinajstić information content (AvgIpc) is 3.74. The zero-order valence-corrected chi connectivity index (χ0v) is 17.7. The molecule has 3 heterocycles. The molecule has 2 saturated carbocycles. The number of carbonyl (C=O) groups is 1. The Morgan fingerprint density at radius 2 is 2.00 bits per heavy atom. The van der Waals surface area contributed by atoms with E-state index in [4.69, 9.17) is 4.98 Å². The van der Waals surface area contributed by atoms with E-state index in [1.54, 1.807) is 12.4 Å². The maximum atomic E-state index is 13.0. The van der Waals surface area contributed by atoms with E-state index in [0.29, 0.717) is 29.0 Å².